The molecule has 1 fully saturated rings. The van der Waals surface area contributed by atoms with Crippen molar-refractivity contribution in [2.75, 3.05) is 14.2 Å². The lowest BCUT2D eigenvalue weighted by Crippen LogP contribution is -2.35. The summed E-state index contributed by atoms with van der Waals surface area (Å²) in [7, 11) is 2.36. The van der Waals surface area contributed by atoms with E-state index in [1.54, 1.807) is 19.2 Å². The highest BCUT2D eigenvalue weighted by atomic mass is 16.5. The van der Waals surface area contributed by atoms with Crippen molar-refractivity contribution < 1.29 is 14.8 Å². The normalized spacial score (nSPS) is 22.4. The molecule has 1 aliphatic carbocycles. The third kappa shape index (κ3) is 4.22. The SMILES string of the molecule is COc1ccc(B(O)O)cc1CN(C)C1CCC(C)CC1. The molecule has 0 radical (unpaired) electrons. The summed E-state index contributed by atoms with van der Waals surface area (Å²) in [6, 6.07) is 5.93. The molecule has 1 saturated carbocycles. The molecule has 0 bridgehead atoms. The quantitative estimate of drug-likeness (QED) is 0.805. The van der Waals surface area contributed by atoms with E-state index in [0.717, 1.165) is 23.8 Å². The van der Waals surface area contributed by atoms with E-state index in [9.17, 15) is 10.0 Å². The van der Waals surface area contributed by atoms with Gasteiger partial charge in [-0.1, -0.05) is 19.1 Å². The third-order valence-electron chi connectivity index (χ3n) is 4.63. The summed E-state index contributed by atoms with van der Waals surface area (Å²) in [5, 5.41) is 18.6. The van der Waals surface area contributed by atoms with Crippen LogP contribution in [0.15, 0.2) is 18.2 Å². The van der Waals surface area contributed by atoms with Gasteiger partial charge in [-0.15, -0.1) is 0 Å². The molecule has 116 valence electrons. The van der Waals surface area contributed by atoms with E-state index >= 15 is 0 Å². The minimum Gasteiger partial charge on any atom is -0.496 e. The first-order valence-electron chi connectivity index (χ1n) is 7.74. The number of ether oxygens (including phenoxy) is 1. The van der Waals surface area contributed by atoms with Gasteiger partial charge in [0.1, 0.15) is 5.75 Å². The van der Waals surface area contributed by atoms with Crippen LogP contribution in [0.5, 0.6) is 5.75 Å². The Bertz CT molecular complexity index is 459. The Labute approximate surface area is 127 Å². The van der Waals surface area contributed by atoms with Gasteiger partial charge < -0.3 is 14.8 Å². The molecule has 0 atom stereocenters. The summed E-state index contributed by atoms with van der Waals surface area (Å²) in [6.07, 6.45) is 5.06. The summed E-state index contributed by atoms with van der Waals surface area (Å²) in [5.74, 6) is 1.65. The summed E-state index contributed by atoms with van der Waals surface area (Å²) in [6.45, 7) is 3.09. The molecule has 0 saturated heterocycles. The van der Waals surface area contributed by atoms with Crippen LogP contribution in [0.1, 0.15) is 38.2 Å². The molecule has 1 aromatic rings. The number of rotatable bonds is 5. The van der Waals surface area contributed by atoms with Crippen LogP contribution in [-0.4, -0.2) is 42.3 Å². The standard InChI is InChI=1S/C16H26BNO3/c1-12-4-7-15(8-5-12)18(2)11-13-10-14(17(19)20)6-9-16(13)21-3/h6,9-10,12,15,19-20H,4-5,7-8,11H2,1-3H3. The summed E-state index contributed by atoms with van der Waals surface area (Å²) in [4.78, 5) is 2.36. The van der Waals surface area contributed by atoms with Crippen LogP contribution in [0.4, 0.5) is 0 Å². The molecule has 1 aliphatic rings. The van der Waals surface area contributed by atoms with Crippen molar-refractivity contribution in [3.05, 3.63) is 23.8 Å². The zero-order valence-electron chi connectivity index (χ0n) is 13.2. The first-order valence-corrected chi connectivity index (χ1v) is 7.74. The average molecular weight is 291 g/mol. The van der Waals surface area contributed by atoms with E-state index in [1.165, 1.54) is 25.7 Å². The number of benzene rings is 1. The lowest BCUT2D eigenvalue weighted by Gasteiger charge is -2.34. The van der Waals surface area contributed by atoms with Crippen LogP contribution in [-0.2, 0) is 6.54 Å². The third-order valence-corrected chi connectivity index (χ3v) is 4.63. The molecule has 4 nitrogen and oxygen atoms in total. The van der Waals surface area contributed by atoms with E-state index in [2.05, 4.69) is 18.9 Å². The van der Waals surface area contributed by atoms with E-state index in [0.29, 0.717) is 11.5 Å². The monoisotopic (exact) mass is 291 g/mol. The molecule has 0 spiro atoms. The van der Waals surface area contributed by atoms with Crippen molar-refractivity contribution >= 4 is 12.6 Å². The molecule has 5 heteroatoms. The highest BCUT2D eigenvalue weighted by Crippen LogP contribution is 2.28. The topological polar surface area (TPSA) is 52.9 Å². The van der Waals surface area contributed by atoms with E-state index < -0.39 is 7.12 Å². The minimum absolute atomic E-state index is 0.511. The zero-order chi connectivity index (χ0) is 15.4. The maximum atomic E-state index is 9.32. The molecule has 2 rings (SSSR count). The van der Waals surface area contributed by atoms with Gasteiger partial charge in [0, 0.05) is 18.2 Å². The second-order valence-corrected chi connectivity index (χ2v) is 6.27. The number of hydrogen-bond acceptors (Lipinski definition) is 4. The number of nitrogens with zero attached hydrogens (tertiary/aromatic N) is 1. The van der Waals surface area contributed by atoms with Crippen molar-refractivity contribution in [3.63, 3.8) is 0 Å². The van der Waals surface area contributed by atoms with Gasteiger partial charge in [-0.05, 0) is 50.2 Å². The van der Waals surface area contributed by atoms with Gasteiger partial charge in [-0.2, -0.15) is 0 Å². The van der Waals surface area contributed by atoms with Gasteiger partial charge in [0.25, 0.3) is 0 Å². The van der Waals surface area contributed by atoms with Crippen molar-refractivity contribution in [1.29, 1.82) is 0 Å². The van der Waals surface area contributed by atoms with Crippen LogP contribution in [0, 0.1) is 5.92 Å². The molecular weight excluding hydrogens is 265 g/mol. The van der Waals surface area contributed by atoms with Crippen molar-refractivity contribution in [3.8, 4) is 5.75 Å². The number of hydrogen-bond donors (Lipinski definition) is 2. The molecule has 2 N–H and O–H groups in total. The second kappa shape index (κ2) is 7.30. The maximum absolute atomic E-state index is 9.32. The molecule has 0 aliphatic heterocycles. The number of methoxy groups -OCH3 is 1. The van der Waals surface area contributed by atoms with Crippen LogP contribution in [0.3, 0.4) is 0 Å². The molecule has 1 aromatic carbocycles. The van der Waals surface area contributed by atoms with Gasteiger partial charge in [0.2, 0.25) is 0 Å². The fourth-order valence-corrected chi connectivity index (χ4v) is 3.16. The Kier molecular flexibility index (Phi) is 5.68. The van der Waals surface area contributed by atoms with Gasteiger partial charge in [0.05, 0.1) is 7.11 Å². The first kappa shape index (κ1) is 16.3. The largest absolute Gasteiger partial charge is 0.496 e. The highest BCUT2D eigenvalue weighted by molar-refractivity contribution is 6.58. The Balaban J connectivity index is 2.08. The molecule has 0 amide bonds. The van der Waals surface area contributed by atoms with Gasteiger partial charge >= 0.3 is 7.12 Å². The van der Waals surface area contributed by atoms with E-state index in [4.69, 9.17) is 4.74 Å². The second-order valence-electron chi connectivity index (χ2n) is 6.27. The molecule has 0 unspecified atom stereocenters. The minimum atomic E-state index is -1.43. The summed E-state index contributed by atoms with van der Waals surface area (Å²) < 4.78 is 5.40. The molecule has 0 heterocycles. The molecule has 21 heavy (non-hydrogen) atoms. The highest BCUT2D eigenvalue weighted by Gasteiger charge is 2.23. The van der Waals surface area contributed by atoms with Crippen molar-refractivity contribution in [2.45, 2.75) is 45.2 Å². The average Bonchev–Trinajstić information content (AvgIpc) is 2.47. The lowest BCUT2D eigenvalue weighted by atomic mass is 9.79. The Hall–Kier alpha value is -1.04. The first-order chi connectivity index (χ1) is 10.0. The van der Waals surface area contributed by atoms with Crippen molar-refractivity contribution in [2.24, 2.45) is 5.92 Å². The molecule has 0 aromatic heterocycles. The van der Waals surface area contributed by atoms with E-state index in [-0.39, 0.29) is 0 Å². The van der Waals surface area contributed by atoms with Crippen LogP contribution >= 0.6 is 0 Å². The maximum Gasteiger partial charge on any atom is 0.488 e. The predicted octanol–water partition coefficient (Wildman–Crippen LogP) is 1.39. The summed E-state index contributed by atoms with van der Waals surface area (Å²) in [5.41, 5.74) is 1.51. The fraction of sp³-hybridized carbons (Fsp3) is 0.625. The fourth-order valence-electron chi connectivity index (χ4n) is 3.16. The van der Waals surface area contributed by atoms with E-state index in [1.807, 2.05) is 6.07 Å². The summed E-state index contributed by atoms with van der Waals surface area (Å²) >= 11 is 0. The zero-order valence-corrected chi connectivity index (χ0v) is 13.2. The van der Waals surface area contributed by atoms with Gasteiger partial charge in [-0.3, -0.25) is 4.90 Å². The van der Waals surface area contributed by atoms with Crippen LogP contribution < -0.4 is 10.2 Å². The van der Waals surface area contributed by atoms with Crippen LogP contribution in [0.25, 0.3) is 0 Å². The molecular formula is C16H26BNO3. The van der Waals surface area contributed by atoms with Gasteiger partial charge in [0.15, 0.2) is 0 Å². The smallest absolute Gasteiger partial charge is 0.488 e. The van der Waals surface area contributed by atoms with Crippen molar-refractivity contribution in [1.82, 2.24) is 4.90 Å². The Morgan fingerprint density at radius 2 is 1.90 bits per heavy atom. The Morgan fingerprint density at radius 1 is 1.24 bits per heavy atom. The predicted molar refractivity (Wildman–Crippen MR) is 85.7 cm³/mol. The Morgan fingerprint density at radius 3 is 2.48 bits per heavy atom. The van der Waals surface area contributed by atoms with Gasteiger partial charge in [-0.25, -0.2) is 0 Å². The lowest BCUT2D eigenvalue weighted by molar-refractivity contribution is 0.162. The van der Waals surface area contributed by atoms with Crippen LogP contribution in [0.2, 0.25) is 0 Å².